The molecule has 7 heterocycles. The number of hydrogen-bond acceptors (Lipinski definition) is 6. The Hall–Kier alpha value is -11.6. The second-order valence-corrected chi connectivity index (χ2v) is 30.3. The van der Waals surface area contributed by atoms with Gasteiger partial charge in [-0.1, -0.05) is 83.1 Å². The number of benzene rings is 4. The fourth-order valence-electron chi connectivity index (χ4n) is 13.5. The lowest BCUT2D eigenvalue weighted by Crippen LogP contribution is -2.29. The van der Waals surface area contributed by atoms with Crippen molar-refractivity contribution in [3.05, 3.63) is 243 Å². The van der Waals surface area contributed by atoms with Crippen molar-refractivity contribution in [1.82, 2.24) is 29.9 Å². The number of nitrogens with one attached hydrogen (secondary N) is 2. The zero-order valence-corrected chi connectivity index (χ0v) is 59.4. The zero-order chi connectivity index (χ0) is 80.4. The van der Waals surface area contributed by atoms with Gasteiger partial charge >= 0.3 is 0 Å². The van der Waals surface area contributed by atoms with Crippen LogP contribution in [0.1, 0.15) is 129 Å². The molecular weight excluding hydrogens is 1480 g/mol. The molecule has 7 aromatic rings. The number of H-pyrrole nitrogens is 2. The van der Waals surface area contributed by atoms with E-state index < -0.39 is 251 Å². The monoisotopic (exact) mass is 1530 g/mol. The lowest BCUT2D eigenvalue weighted by Gasteiger charge is -2.31. The lowest BCUT2D eigenvalue weighted by molar-refractivity contribution is -0.114. The molecule has 0 saturated heterocycles. The van der Waals surface area contributed by atoms with Crippen LogP contribution in [-0.2, 0) is 9.59 Å². The van der Waals surface area contributed by atoms with Crippen LogP contribution in [0.4, 0.5) is 87.8 Å². The van der Waals surface area contributed by atoms with Crippen molar-refractivity contribution in [2.45, 2.75) is 83.1 Å². The van der Waals surface area contributed by atoms with Crippen molar-refractivity contribution in [1.29, 1.82) is 0 Å². The van der Waals surface area contributed by atoms with Crippen LogP contribution in [0.25, 0.3) is 126 Å². The highest BCUT2D eigenvalue weighted by molar-refractivity contribution is 6.16. The molecule has 0 spiro atoms. The van der Waals surface area contributed by atoms with Gasteiger partial charge in [0.05, 0.1) is 67.8 Å². The summed E-state index contributed by atoms with van der Waals surface area (Å²) in [7, 11) is 0. The zero-order valence-electron chi connectivity index (χ0n) is 59.4. The van der Waals surface area contributed by atoms with Gasteiger partial charge in [0, 0.05) is 77.1 Å². The lowest BCUT2D eigenvalue weighted by atomic mass is 9.71. The van der Waals surface area contributed by atoms with Crippen molar-refractivity contribution in [2.24, 2.45) is 21.7 Å². The van der Waals surface area contributed by atoms with Gasteiger partial charge in [0.2, 0.25) is 23.3 Å². The molecule has 0 radical (unpaired) electrons. The van der Waals surface area contributed by atoms with E-state index in [1.54, 1.807) is 83.1 Å². The Morgan fingerprint density at radius 1 is 0.227 bits per heavy atom. The molecule has 8 nitrogen and oxygen atoms in total. The first kappa shape index (κ1) is 76.6. The molecule has 110 heavy (non-hydrogen) atoms. The summed E-state index contributed by atoms with van der Waals surface area (Å²) >= 11 is 0. The first-order chi connectivity index (χ1) is 51.3. The molecule has 28 heteroatoms. The number of halogens is 20. The summed E-state index contributed by atoms with van der Waals surface area (Å²) < 4.78 is 323. The third kappa shape index (κ3) is 12.4. The number of hydrogen-bond donors (Lipinski definition) is 2. The molecule has 0 unspecified atom stereocenters. The summed E-state index contributed by atoms with van der Waals surface area (Å²) in [6.45, 7) is 19.6. The molecule has 2 N–H and O–H groups in total. The van der Waals surface area contributed by atoms with Crippen LogP contribution >= 0.6 is 0 Å². The third-order valence-corrected chi connectivity index (χ3v) is 18.9. The molecule has 0 fully saturated rings. The smallest absolute Gasteiger partial charge is 0.200 e. The maximum atomic E-state index is 16.9. The standard InChI is InChI=1S/C82H54F20N6O2/c1-79(2,3)31-25-29(26-32(77(31)109)80(4,5)6)47-35-13-17-39(103-35)49(53-57(83)65(91)73(99)66(92)58(53)84)43-21-23-45(107-43)51(55-61(87)69(95)75(101)70(96)62(55)88)41-19-15-37(105-41)48(30-27-33(81(7,8)9)78(110)34(28-30)82(10,11)12)38-16-20-42(106-38)52(56-63(89)71(97)76(102)72(98)64(56)90)46-24-22-44(108-46)50(40-18-14-36(47)104-40)54-59(85)67(93)74(100)68(94)60(54)86/h13-28,103,106H,1-12H3. The maximum Gasteiger partial charge on any atom is 0.200 e. The fourth-order valence-corrected chi connectivity index (χ4v) is 13.5. The molecule has 13 rings (SSSR count). The number of aromatic nitrogens is 6. The van der Waals surface area contributed by atoms with E-state index in [0.29, 0.717) is 0 Å². The molecule has 4 aliphatic heterocycles. The Morgan fingerprint density at radius 3 is 0.618 bits per heavy atom. The molecule has 0 amide bonds. The van der Waals surface area contributed by atoms with Gasteiger partial charge in [0.15, 0.2) is 105 Å². The Kier molecular flexibility index (Phi) is 18.5. The first-order valence-corrected chi connectivity index (χ1v) is 33.3. The topological polar surface area (TPSA) is 117 Å². The van der Waals surface area contributed by atoms with E-state index >= 15 is 87.8 Å². The highest BCUT2D eigenvalue weighted by atomic mass is 19.2. The second-order valence-electron chi connectivity index (χ2n) is 30.3. The third-order valence-electron chi connectivity index (χ3n) is 18.9. The predicted molar refractivity (Wildman–Crippen MR) is 375 cm³/mol. The van der Waals surface area contributed by atoms with E-state index in [1.165, 1.54) is 24.3 Å². The minimum atomic E-state index is -2.68. The van der Waals surface area contributed by atoms with Crippen LogP contribution in [0.5, 0.6) is 0 Å². The molecule has 0 atom stereocenters. The Bertz CT molecular complexity index is 5670. The van der Waals surface area contributed by atoms with Gasteiger partial charge in [0.25, 0.3) is 0 Å². The molecule has 2 aliphatic carbocycles. The van der Waals surface area contributed by atoms with Gasteiger partial charge < -0.3 is 9.97 Å². The number of rotatable bonds is 4. The van der Waals surface area contributed by atoms with Crippen LogP contribution in [0.3, 0.4) is 0 Å². The first-order valence-electron chi connectivity index (χ1n) is 33.3. The Balaban J connectivity index is 1.37. The van der Waals surface area contributed by atoms with Gasteiger partial charge in [-0.05, 0) is 130 Å². The van der Waals surface area contributed by atoms with E-state index in [9.17, 15) is 9.59 Å². The van der Waals surface area contributed by atoms with E-state index in [-0.39, 0.29) is 54.9 Å². The second kappa shape index (κ2) is 26.6. The Labute approximate surface area is 610 Å². The summed E-state index contributed by atoms with van der Waals surface area (Å²) in [5.41, 5.74) is -24.1. The van der Waals surface area contributed by atoms with Gasteiger partial charge in [-0.15, -0.1) is 0 Å². The van der Waals surface area contributed by atoms with Gasteiger partial charge in [-0.3, -0.25) is 9.59 Å². The van der Waals surface area contributed by atoms with Crippen molar-refractivity contribution in [2.75, 3.05) is 0 Å². The fraction of sp³-hybridized carbons (Fsp3) is 0.195. The van der Waals surface area contributed by atoms with Crippen molar-refractivity contribution >= 4 is 93.4 Å². The van der Waals surface area contributed by atoms with Crippen LogP contribution in [0.15, 0.2) is 70.9 Å². The number of carbonyl (C=O) groups excluding carboxylic acids is 2. The van der Waals surface area contributed by atoms with E-state index in [2.05, 4.69) is 29.9 Å². The largest absolute Gasteiger partial charge is 0.354 e. The van der Waals surface area contributed by atoms with Gasteiger partial charge in [-0.25, -0.2) is 108 Å². The van der Waals surface area contributed by atoms with Crippen LogP contribution in [0, 0.1) is 138 Å². The van der Waals surface area contributed by atoms with Gasteiger partial charge in [0.1, 0.15) is 0 Å². The molecule has 0 saturated carbocycles. The number of Topliss-reactive ketones (excluding diaryl/α,β-unsaturated/α-hetero) is 2. The van der Waals surface area contributed by atoms with E-state index in [1.807, 2.05) is 0 Å². The number of allylic oxidation sites excluding steroid dienone is 8. The summed E-state index contributed by atoms with van der Waals surface area (Å²) in [5, 5.41) is -0.578. The van der Waals surface area contributed by atoms with Crippen molar-refractivity contribution in [3.63, 3.8) is 0 Å². The number of carbonyl (C=O) groups is 2. The molecule has 12 bridgehead atoms. The highest BCUT2D eigenvalue weighted by Crippen LogP contribution is 2.47. The van der Waals surface area contributed by atoms with E-state index in [0.717, 1.165) is 72.9 Å². The number of ketones is 2. The van der Waals surface area contributed by atoms with Crippen LogP contribution in [0.2, 0.25) is 0 Å². The predicted octanol–water partition coefficient (Wildman–Crippen LogP) is 21.5. The minimum Gasteiger partial charge on any atom is -0.354 e. The summed E-state index contributed by atoms with van der Waals surface area (Å²) in [4.78, 5) is 52.9. The Morgan fingerprint density at radius 2 is 0.400 bits per heavy atom. The average molecular weight is 1540 g/mol. The molecule has 564 valence electrons. The van der Waals surface area contributed by atoms with Crippen molar-refractivity contribution in [3.8, 4) is 44.5 Å². The molecule has 3 aromatic heterocycles. The van der Waals surface area contributed by atoms with Gasteiger partial charge in [-0.2, -0.15) is 0 Å². The molecule has 4 aromatic carbocycles. The van der Waals surface area contributed by atoms with E-state index in [4.69, 9.17) is 0 Å². The normalized spacial score (nSPS) is 14.6. The molecular formula is C82H54F20N6O2. The quantitative estimate of drug-likeness (QED) is 0.103. The summed E-state index contributed by atoms with van der Waals surface area (Å²) in [6, 6.07) is 4.09. The summed E-state index contributed by atoms with van der Waals surface area (Å²) in [6.07, 6.45) is 12.4. The molecule has 6 aliphatic rings. The number of nitrogens with zero attached hydrogens (tertiary/aromatic N) is 4. The number of aromatic amines is 2. The highest BCUT2D eigenvalue weighted by Gasteiger charge is 2.40. The average Bonchev–Trinajstić information content (AvgIpc) is 1.56. The van der Waals surface area contributed by atoms with Crippen LogP contribution in [-0.4, -0.2) is 41.5 Å². The SMILES string of the molecule is CC(C)(C)C1=CC(=c2c3nc(c(-c4c(F)c(F)c(F)c(F)c4F)c4nc(c(-c5c(F)c(F)c(F)c(F)c5F)c5ccc([nH]5)c(=C5C=C(C(C)(C)C)C(=O)C(C(C)(C)C)=C5)c5nc(c(-c6c(F)c(F)c(F)c(F)c6F)c6nc(c(-c7c(F)c(F)c(F)c(F)c7F)c7ccc2[nH]7)C=C6)C=C5)C=C4)C=C3)C=C(C(C)(C)C)C1=O. The maximum absolute atomic E-state index is 16.9. The summed E-state index contributed by atoms with van der Waals surface area (Å²) in [5.74, 6) is -52.5. The van der Waals surface area contributed by atoms with Crippen molar-refractivity contribution < 1.29 is 97.4 Å². The minimum absolute atomic E-state index is 0.0555. The van der Waals surface area contributed by atoms with Crippen LogP contribution < -0.4 is 10.4 Å². The number of fused-ring (bicyclic) bond motifs is 12.